The summed E-state index contributed by atoms with van der Waals surface area (Å²) in [5.41, 5.74) is -1.34. The first kappa shape index (κ1) is 35.0. The molecule has 0 radical (unpaired) electrons. The maximum absolute atomic E-state index is 15.8. The van der Waals surface area contributed by atoms with Gasteiger partial charge < -0.3 is 19.9 Å². The largest absolute Gasteiger partial charge is 0.478 e. The molecule has 2 saturated heterocycles. The van der Waals surface area contributed by atoms with E-state index >= 15 is 8.78 Å². The standard InChI is InChI=1S/C32H41F3N6O5S/c1-18-19(9-8-10-20(18)33)24-23(28(42)43)21(37-26(38-24)27-36-11-14-47-27)15-40-17-32(34,35)25-22(40)16-39(7)41(25)12-13-45-31(5,6)29(44)46-30(2,3)4/h8-11,14,22,24-25H,12-13,15-17H2,1-7H3,(H,37,38)(H,42,43)/t22-,24-,25+/m0/s1. The fourth-order valence-electron chi connectivity index (χ4n) is 6.29. The quantitative estimate of drug-likeness (QED) is 0.357. The van der Waals surface area contributed by atoms with Crippen LogP contribution in [0.3, 0.4) is 0 Å². The normalized spacial score (nSPS) is 23.9. The number of aliphatic carboxylic acids is 1. The highest BCUT2D eigenvalue weighted by molar-refractivity contribution is 7.11. The van der Waals surface area contributed by atoms with Crippen molar-refractivity contribution in [3.63, 3.8) is 0 Å². The van der Waals surface area contributed by atoms with E-state index < -0.39 is 59.6 Å². The third kappa shape index (κ3) is 7.23. The van der Waals surface area contributed by atoms with E-state index in [0.29, 0.717) is 10.6 Å². The van der Waals surface area contributed by atoms with Gasteiger partial charge in [0.1, 0.15) is 23.5 Å². The summed E-state index contributed by atoms with van der Waals surface area (Å²) in [6.07, 6.45) is 1.58. The highest BCUT2D eigenvalue weighted by Gasteiger charge is 2.61. The summed E-state index contributed by atoms with van der Waals surface area (Å²) in [6, 6.07) is 1.43. The molecule has 15 heteroatoms. The molecule has 3 aliphatic heterocycles. The molecule has 0 aliphatic carbocycles. The van der Waals surface area contributed by atoms with Crippen molar-refractivity contribution in [2.24, 2.45) is 4.99 Å². The summed E-state index contributed by atoms with van der Waals surface area (Å²) in [7, 11) is 1.71. The van der Waals surface area contributed by atoms with Gasteiger partial charge in [0, 0.05) is 50.0 Å². The lowest BCUT2D eigenvalue weighted by Crippen LogP contribution is -2.50. The molecule has 5 rings (SSSR count). The minimum Gasteiger partial charge on any atom is -0.478 e. The number of hydrogen-bond donors (Lipinski definition) is 2. The van der Waals surface area contributed by atoms with Crippen LogP contribution in [0, 0.1) is 12.7 Å². The summed E-state index contributed by atoms with van der Waals surface area (Å²) in [6.45, 7) is 9.56. The van der Waals surface area contributed by atoms with E-state index in [1.807, 2.05) is 0 Å². The van der Waals surface area contributed by atoms with Crippen molar-refractivity contribution in [2.45, 2.75) is 76.8 Å². The molecule has 0 unspecified atom stereocenters. The Morgan fingerprint density at radius 3 is 2.57 bits per heavy atom. The minimum atomic E-state index is -3.15. The number of nitrogens with one attached hydrogen (secondary N) is 1. The van der Waals surface area contributed by atoms with Gasteiger partial charge in [0.2, 0.25) is 0 Å². The molecule has 0 saturated carbocycles. The Morgan fingerprint density at radius 1 is 1.21 bits per heavy atom. The molecular weight excluding hydrogens is 637 g/mol. The number of carboxylic acid groups (broad SMARTS) is 1. The number of aliphatic imine (C=N–C) groups is 1. The first-order chi connectivity index (χ1) is 21.9. The number of likely N-dealkylation sites (N-methyl/N-ethyl adjacent to an activating group) is 1. The Morgan fingerprint density at radius 2 is 1.94 bits per heavy atom. The Balaban J connectivity index is 1.40. The number of ether oxygens (including phenoxy) is 2. The molecule has 3 aliphatic rings. The van der Waals surface area contributed by atoms with E-state index in [0.717, 1.165) is 0 Å². The number of hydrazine groups is 1. The number of rotatable bonds is 10. The maximum Gasteiger partial charge on any atom is 0.338 e. The van der Waals surface area contributed by atoms with Crippen molar-refractivity contribution in [3.05, 3.63) is 63.0 Å². The van der Waals surface area contributed by atoms with Crippen molar-refractivity contribution < 1.29 is 37.3 Å². The lowest BCUT2D eigenvalue weighted by molar-refractivity contribution is -0.182. The monoisotopic (exact) mass is 678 g/mol. The third-order valence-electron chi connectivity index (χ3n) is 8.52. The van der Waals surface area contributed by atoms with Crippen LogP contribution in [0.2, 0.25) is 0 Å². The highest BCUT2D eigenvalue weighted by Crippen LogP contribution is 2.42. The number of halogens is 3. The van der Waals surface area contributed by atoms with Crippen LogP contribution in [0.25, 0.3) is 0 Å². The summed E-state index contributed by atoms with van der Waals surface area (Å²) < 4.78 is 57.6. The molecule has 47 heavy (non-hydrogen) atoms. The molecule has 256 valence electrons. The van der Waals surface area contributed by atoms with Gasteiger partial charge in [-0.15, -0.1) is 11.3 Å². The number of likely N-dealkylation sites (tertiary alicyclic amines) is 1. The second-order valence-corrected chi connectivity index (χ2v) is 14.4. The highest BCUT2D eigenvalue weighted by atomic mass is 32.1. The minimum absolute atomic E-state index is 0.00590. The SMILES string of the molecule is Cc1c(F)cccc1[C@@H]1N=C(c2nccs2)NC(CN2CC(F)(F)[C@H]3[C@@H]2CN(C)N3CCOC(C)(C)C(=O)OC(C)(C)C)=C1C(=O)O. The predicted molar refractivity (Wildman–Crippen MR) is 170 cm³/mol. The fourth-order valence-corrected chi connectivity index (χ4v) is 6.88. The van der Waals surface area contributed by atoms with E-state index in [9.17, 15) is 19.1 Å². The number of carbonyl (C=O) groups excluding carboxylic acids is 1. The molecule has 0 amide bonds. The van der Waals surface area contributed by atoms with E-state index in [-0.39, 0.29) is 48.9 Å². The number of thiazole rings is 1. The Labute approximate surface area is 276 Å². The van der Waals surface area contributed by atoms with Crippen molar-refractivity contribution in [1.29, 1.82) is 0 Å². The molecule has 1 aromatic heterocycles. The third-order valence-corrected chi connectivity index (χ3v) is 9.30. The second kappa shape index (κ2) is 12.9. The maximum atomic E-state index is 15.8. The van der Waals surface area contributed by atoms with Gasteiger partial charge in [0.25, 0.3) is 5.92 Å². The topological polar surface area (TPSA) is 120 Å². The van der Waals surface area contributed by atoms with Crippen molar-refractivity contribution in [3.8, 4) is 0 Å². The molecule has 11 nitrogen and oxygen atoms in total. The molecule has 2 fully saturated rings. The first-order valence-electron chi connectivity index (χ1n) is 15.3. The Bertz CT molecular complexity index is 1580. The second-order valence-electron chi connectivity index (χ2n) is 13.5. The summed E-state index contributed by atoms with van der Waals surface area (Å²) in [5.74, 6) is -5.22. The molecule has 4 heterocycles. The molecule has 2 N–H and O–H groups in total. The van der Waals surface area contributed by atoms with E-state index in [2.05, 4.69) is 15.3 Å². The smallest absolute Gasteiger partial charge is 0.338 e. The van der Waals surface area contributed by atoms with Gasteiger partial charge in [0.15, 0.2) is 16.4 Å². The van der Waals surface area contributed by atoms with Crippen molar-refractivity contribution in [1.82, 2.24) is 25.2 Å². The summed E-state index contributed by atoms with van der Waals surface area (Å²) in [4.78, 5) is 36.0. The molecule has 0 bridgehead atoms. The predicted octanol–water partition coefficient (Wildman–Crippen LogP) is 4.01. The number of nitrogens with zero attached hydrogens (tertiary/aromatic N) is 5. The van der Waals surface area contributed by atoms with E-state index in [1.54, 1.807) is 81.2 Å². The summed E-state index contributed by atoms with van der Waals surface area (Å²) >= 11 is 1.28. The van der Waals surface area contributed by atoms with Crippen LogP contribution < -0.4 is 5.32 Å². The fraction of sp³-hybridized carbons (Fsp3) is 0.562. The number of carboxylic acids is 1. The molecule has 0 spiro atoms. The first-order valence-corrected chi connectivity index (χ1v) is 16.2. The number of fused-ring (bicyclic) bond motifs is 1. The van der Waals surface area contributed by atoms with E-state index in [1.165, 1.54) is 23.5 Å². The number of benzene rings is 1. The average Bonchev–Trinajstić information content (AvgIpc) is 3.66. The van der Waals surface area contributed by atoms with Crippen molar-refractivity contribution in [2.75, 3.05) is 39.8 Å². The van der Waals surface area contributed by atoms with Crippen LogP contribution >= 0.6 is 11.3 Å². The van der Waals surface area contributed by atoms with Crippen molar-refractivity contribution >= 4 is 29.1 Å². The summed E-state index contributed by atoms with van der Waals surface area (Å²) in [5, 5.41) is 19.0. The number of alkyl halides is 2. The van der Waals surface area contributed by atoms with Crippen LogP contribution in [0.5, 0.6) is 0 Å². The number of esters is 1. The lowest BCUT2D eigenvalue weighted by Gasteiger charge is -2.33. The number of aromatic nitrogens is 1. The number of carbonyl (C=O) groups is 2. The molecule has 2 aromatic rings. The molecular formula is C32H41F3N6O5S. The average molecular weight is 679 g/mol. The zero-order valence-corrected chi connectivity index (χ0v) is 28.3. The zero-order chi connectivity index (χ0) is 34.5. The van der Waals surface area contributed by atoms with Crippen LogP contribution in [0.4, 0.5) is 13.2 Å². The Hall–Kier alpha value is -3.37. The van der Waals surface area contributed by atoms with Gasteiger partial charge in [0.05, 0.1) is 18.7 Å². The van der Waals surface area contributed by atoms with Gasteiger partial charge in [-0.25, -0.2) is 37.8 Å². The lowest BCUT2D eigenvalue weighted by atomic mass is 9.92. The van der Waals surface area contributed by atoms with Crippen LogP contribution in [0.1, 0.15) is 56.8 Å². The van der Waals surface area contributed by atoms with E-state index in [4.69, 9.17) is 9.47 Å². The van der Waals surface area contributed by atoms with Gasteiger partial charge >= 0.3 is 11.9 Å². The van der Waals surface area contributed by atoms with Crippen LogP contribution in [-0.2, 0) is 19.1 Å². The zero-order valence-electron chi connectivity index (χ0n) is 27.5. The number of amidine groups is 1. The molecule has 3 atom stereocenters. The molecule has 1 aromatic carbocycles. The Kier molecular flexibility index (Phi) is 9.60. The van der Waals surface area contributed by atoms with Gasteiger partial charge in [-0.1, -0.05) is 12.1 Å². The van der Waals surface area contributed by atoms with Gasteiger partial charge in [-0.3, -0.25) is 9.89 Å². The van der Waals surface area contributed by atoms with Gasteiger partial charge in [-0.2, -0.15) is 0 Å². The van der Waals surface area contributed by atoms with Crippen LogP contribution in [-0.4, -0.2) is 112 Å². The number of hydrogen-bond acceptors (Lipinski definition) is 11. The van der Waals surface area contributed by atoms with Crippen LogP contribution in [0.15, 0.2) is 46.0 Å². The van der Waals surface area contributed by atoms with Gasteiger partial charge in [-0.05, 0) is 58.7 Å².